The van der Waals surface area contributed by atoms with E-state index in [2.05, 4.69) is 10.5 Å². The molecule has 2 rings (SSSR count). The normalized spacial score (nSPS) is 10.5. The predicted octanol–water partition coefficient (Wildman–Crippen LogP) is 2.98. The van der Waals surface area contributed by atoms with Crippen molar-refractivity contribution in [3.05, 3.63) is 61.2 Å². The molecular weight excluding hydrogens is 441 g/mol. The minimum Gasteiger partial charge on any atom is -0.493 e. The Balaban J connectivity index is 2.26. The number of benzene rings is 2. The largest absolute Gasteiger partial charge is 0.493 e. The van der Waals surface area contributed by atoms with Crippen molar-refractivity contribution in [3.63, 3.8) is 0 Å². The fourth-order valence-corrected chi connectivity index (χ4v) is 2.64. The van der Waals surface area contributed by atoms with Crippen LogP contribution in [0.1, 0.15) is 15.9 Å². The Morgan fingerprint density at radius 2 is 1.88 bits per heavy atom. The molecule has 130 valence electrons. The van der Waals surface area contributed by atoms with E-state index in [-0.39, 0.29) is 17.0 Å². The third-order valence-electron chi connectivity index (χ3n) is 3.22. The third-order valence-corrected chi connectivity index (χ3v) is 4.16. The molecule has 0 aliphatic carbocycles. The molecule has 25 heavy (non-hydrogen) atoms. The minimum absolute atomic E-state index is 0.172. The fourth-order valence-electron chi connectivity index (χ4n) is 2.01. The first kappa shape index (κ1) is 18.6. The Bertz CT molecular complexity index is 839. The molecule has 0 aromatic heterocycles. The van der Waals surface area contributed by atoms with Gasteiger partial charge >= 0.3 is 0 Å². The first-order chi connectivity index (χ1) is 12.0. The molecule has 2 aromatic rings. The number of hydrazone groups is 1. The van der Waals surface area contributed by atoms with Crippen LogP contribution in [0.15, 0.2) is 41.5 Å². The van der Waals surface area contributed by atoms with E-state index in [1.165, 1.54) is 32.6 Å². The van der Waals surface area contributed by atoms with Gasteiger partial charge in [0.05, 0.1) is 42.6 Å². The zero-order valence-electron chi connectivity index (χ0n) is 13.4. The molecule has 0 radical (unpaired) electrons. The molecule has 0 fully saturated rings. The first-order valence-electron chi connectivity index (χ1n) is 6.96. The summed E-state index contributed by atoms with van der Waals surface area (Å²) in [7, 11) is 2.81. The Morgan fingerprint density at radius 3 is 2.48 bits per heavy atom. The van der Waals surface area contributed by atoms with Gasteiger partial charge in [0, 0.05) is 3.57 Å². The minimum atomic E-state index is -0.564. The summed E-state index contributed by atoms with van der Waals surface area (Å²) in [6, 6.07) is 9.65. The fraction of sp³-hybridized carbons (Fsp3) is 0.125. The number of nitro benzene ring substituents is 1. The molecule has 9 heteroatoms. The molecule has 2 aromatic carbocycles. The van der Waals surface area contributed by atoms with Gasteiger partial charge in [-0.05, 0) is 40.8 Å². The highest BCUT2D eigenvalue weighted by Gasteiger charge is 2.18. The molecule has 0 saturated carbocycles. The molecule has 1 N–H and O–H groups in total. The summed E-state index contributed by atoms with van der Waals surface area (Å²) in [5.74, 6) is 0.136. The van der Waals surface area contributed by atoms with Crippen molar-refractivity contribution in [1.82, 2.24) is 5.43 Å². The molecule has 0 aliphatic rings. The molecule has 0 bridgehead atoms. The zero-order valence-corrected chi connectivity index (χ0v) is 15.5. The van der Waals surface area contributed by atoms with Crippen LogP contribution in [0.25, 0.3) is 0 Å². The number of carbonyl (C=O) groups excluding carboxylic acids is 1. The number of hydrogen-bond acceptors (Lipinski definition) is 6. The van der Waals surface area contributed by atoms with Gasteiger partial charge in [0.25, 0.3) is 11.6 Å². The van der Waals surface area contributed by atoms with Crippen LogP contribution in [-0.2, 0) is 0 Å². The van der Waals surface area contributed by atoms with Crippen LogP contribution >= 0.6 is 22.6 Å². The van der Waals surface area contributed by atoms with Crippen LogP contribution in [-0.4, -0.2) is 31.3 Å². The second-order valence-electron chi connectivity index (χ2n) is 4.70. The SMILES string of the molecule is COc1cc(/C=N/NC(=O)c2ccccc2I)c([N+](=O)[O-])cc1OC. The maximum atomic E-state index is 12.1. The van der Waals surface area contributed by atoms with Gasteiger partial charge in [-0.15, -0.1) is 0 Å². The van der Waals surface area contributed by atoms with Gasteiger partial charge in [-0.1, -0.05) is 12.1 Å². The third kappa shape index (κ3) is 4.44. The van der Waals surface area contributed by atoms with Gasteiger partial charge in [-0.25, -0.2) is 5.43 Å². The number of methoxy groups -OCH3 is 2. The van der Waals surface area contributed by atoms with E-state index >= 15 is 0 Å². The van der Waals surface area contributed by atoms with E-state index < -0.39 is 10.8 Å². The number of halogens is 1. The van der Waals surface area contributed by atoms with Crippen LogP contribution < -0.4 is 14.9 Å². The monoisotopic (exact) mass is 455 g/mol. The number of hydrogen-bond donors (Lipinski definition) is 1. The van der Waals surface area contributed by atoms with E-state index in [9.17, 15) is 14.9 Å². The number of nitrogens with zero attached hydrogens (tertiary/aromatic N) is 2. The molecular formula is C16H14IN3O5. The number of rotatable bonds is 6. The molecule has 0 heterocycles. The second-order valence-corrected chi connectivity index (χ2v) is 5.86. The van der Waals surface area contributed by atoms with Gasteiger partial charge in [0.2, 0.25) is 0 Å². The Labute approximate surface area is 157 Å². The lowest BCUT2D eigenvalue weighted by Gasteiger charge is -2.08. The molecule has 0 unspecified atom stereocenters. The van der Waals surface area contributed by atoms with Crippen molar-refractivity contribution in [2.24, 2.45) is 5.10 Å². The summed E-state index contributed by atoms with van der Waals surface area (Å²) in [4.78, 5) is 22.7. The maximum Gasteiger partial charge on any atom is 0.282 e. The first-order valence-corrected chi connectivity index (χ1v) is 8.04. The smallest absolute Gasteiger partial charge is 0.282 e. The standard InChI is InChI=1S/C16H14IN3O5/c1-24-14-7-10(13(20(22)23)8-15(14)25-2)9-18-19-16(21)11-5-3-4-6-12(11)17/h3-9H,1-2H3,(H,19,21)/b18-9+. The van der Waals surface area contributed by atoms with Crippen molar-refractivity contribution in [2.75, 3.05) is 14.2 Å². The Morgan fingerprint density at radius 1 is 1.24 bits per heavy atom. The van der Waals surface area contributed by atoms with Gasteiger partial charge in [0.15, 0.2) is 11.5 Å². The Kier molecular flexibility index (Phi) is 6.28. The molecule has 0 atom stereocenters. The maximum absolute atomic E-state index is 12.1. The highest BCUT2D eigenvalue weighted by atomic mass is 127. The lowest BCUT2D eigenvalue weighted by atomic mass is 10.1. The zero-order chi connectivity index (χ0) is 18.4. The van der Waals surface area contributed by atoms with Gasteiger partial charge in [-0.2, -0.15) is 5.10 Å². The summed E-state index contributed by atoms with van der Waals surface area (Å²) in [6.07, 6.45) is 1.19. The van der Waals surface area contributed by atoms with Gasteiger partial charge in [-0.3, -0.25) is 14.9 Å². The van der Waals surface area contributed by atoms with E-state index in [1.54, 1.807) is 18.2 Å². The number of amides is 1. The summed E-state index contributed by atoms with van der Waals surface area (Å²) in [6.45, 7) is 0. The molecule has 0 aliphatic heterocycles. The van der Waals surface area contributed by atoms with Crippen LogP contribution in [0.5, 0.6) is 11.5 Å². The van der Waals surface area contributed by atoms with Crippen molar-refractivity contribution in [3.8, 4) is 11.5 Å². The van der Waals surface area contributed by atoms with E-state index in [0.29, 0.717) is 11.3 Å². The van der Waals surface area contributed by atoms with E-state index in [4.69, 9.17) is 9.47 Å². The summed E-state index contributed by atoms with van der Waals surface area (Å²) >= 11 is 2.04. The molecule has 0 spiro atoms. The summed E-state index contributed by atoms with van der Waals surface area (Å²) in [5.41, 5.74) is 2.77. The molecule has 8 nitrogen and oxygen atoms in total. The topological polar surface area (TPSA) is 103 Å². The van der Waals surface area contributed by atoms with Crippen LogP contribution in [0.4, 0.5) is 5.69 Å². The van der Waals surface area contributed by atoms with Crippen molar-refractivity contribution in [2.45, 2.75) is 0 Å². The Hall–Kier alpha value is -2.69. The molecule has 1 amide bonds. The van der Waals surface area contributed by atoms with Gasteiger partial charge < -0.3 is 9.47 Å². The highest BCUT2D eigenvalue weighted by Crippen LogP contribution is 2.33. The number of nitro groups is 1. The number of carbonyl (C=O) groups is 1. The van der Waals surface area contributed by atoms with Crippen LogP contribution in [0, 0.1) is 13.7 Å². The van der Waals surface area contributed by atoms with E-state index in [0.717, 1.165) is 3.57 Å². The summed E-state index contributed by atoms with van der Waals surface area (Å²) < 4.78 is 10.9. The van der Waals surface area contributed by atoms with E-state index in [1.807, 2.05) is 28.7 Å². The van der Waals surface area contributed by atoms with Crippen molar-refractivity contribution >= 4 is 40.4 Å². The van der Waals surface area contributed by atoms with Gasteiger partial charge in [0.1, 0.15) is 0 Å². The number of nitrogens with one attached hydrogen (secondary N) is 1. The average Bonchev–Trinajstić information content (AvgIpc) is 2.61. The van der Waals surface area contributed by atoms with Crippen molar-refractivity contribution in [1.29, 1.82) is 0 Å². The molecule has 0 saturated heterocycles. The van der Waals surface area contributed by atoms with Crippen LogP contribution in [0.2, 0.25) is 0 Å². The predicted molar refractivity (Wildman–Crippen MR) is 100 cm³/mol. The van der Waals surface area contributed by atoms with Crippen LogP contribution in [0.3, 0.4) is 0 Å². The number of ether oxygens (including phenoxy) is 2. The lowest BCUT2D eigenvalue weighted by Crippen LogP contribution is -2.18. The lowest BCUT2D eigenvalue weighted by molar-refractivity contribution is -0.385. The summed E-state index contributed by atoms with van der Waals surface area (Å²) in [5, 5.41) is 15.0. The quantitative estimate of drug-likeness (QED) is 0.312. The van der Waals surface area contributed by atoms with Crippen molar-refractivity contribution < 1.29 is 19.2 Å². The average molecular weight is 455 g/mol. The second kappa shape index (κ2) is 8.42. The highest BCUT2D eigenvalue weighted by molar-refractivity contribution is 14.1.